The molecule has 2 saturated heterocycles. The third-order valence-corrected chi connectivity index (χ3v) is 9.14. The molecule has 0 bridgehead atoms. The van der Waals surface area contributed by atoms with Crippen molar-refractivity contribution in [3.05, 3.63) is 83.9 Å². The summed E-state index contributed by atoms with van der Waals surface area (Å²) in [6.07, 6.45) is 7.48. The lowest BCUT2D eigenvalue weighted by atomic mass is 9.77. The van der Waals surface area contributed by atoms with Crippen LogP contribution in [0.25, 0.3) is 0 Å². The lowest BCUT2D eigenvalue weighted by molar-refractivity contribution is -0.0837. The Labute approximate surface area is 253 Å². The van der Waals surface area contributed by atoms with Crippen LogP contribution >= 0.6 is 0 Å². The number of carbonyl (C=O) groups excluding carboxylic acids is 2. The van der Waals surface area contributed by atoms with Crippen molar-refractivity contribution in [2.45, 2.75) is 115 Å². The Morgan fingerprint density at radius 3 is 1.17 bits per heavy atom. The normalized spacial score (nSPS) is 22.6. The van der Waals surface area contributed by atoms with Crippen LogP contribution in [0.2, 0.25) is 0 Å². The fourth-order valence-electron chi connectivity index (χ4n) is 7.55. The number of carbonyl (C=O) groups is 2. The van der Waals surface area contributed by atoms with E-state index in [1.54, 1.807) is 24.3 Å². The van der Waals surface area contributed by atoms with E-state index in [1.807, 2.05) is 36.4 Å². The Hall–Kier alpha value is -2.96. The molecule has 228 valence electrons. The summed E-state index contributed by atoms with van der Waals surface area (Å²) in [7, 11) is 0. The average molecular weight is 575 g/mol. The van der Waals surface area contributed by atoms with Crippen LogP contribution < -0.4 is 0 Å². The highest BCUT2D eigenvalue weighted by Gasteiger charge is 2.47. The van der Waals surface area contributed by atoms with Crippen molar-refractivity contribution >= 4 is 11.9 Å². The summed E-state index contributed by atoms with van der Waals surface area (Å²) in [6.45, 7) is 19.6. The summed E-state index contributed by atoms with van der Waals surface area (Å²) in [5.41, 5.74) is 0.673. The van der Waals surface area contributed by atoms with E-state index in [0.717, 1.165) is 38.8 Å². The van der Waals surface area contributed by atoms with Crippen molar-refractivity contribution in [2.75, 3.05) is 13.1 Å². The summed E-state index contributed by atoms with van der Waals surface area (Å²) in [5.74, 6) is -0.492. The van der Waals surface area contributed by atoms with Gasteiger partial charge in [0.2, 0.25) is 0 Å². The molecule has 2 aromatic rings. The molecule has 6 heteroatoms. The van der Waals surface area contributed by atoms with Crippen LogP contribution in [0.4, 0.5) is 0 Å². The molecule has 4 rings (SSSR count). The summed E-state index contributed by atoms with van der Waals surface area (Å²) in [5, 5.41) is 0. The largest absolute Gasteiger partial charge is 0.459 e. The molecule has 2 fully saturated rings. The van der Waals surface area contributed by atoms with E-state index < -0.39 is 0 Å². The van der Waals surface area contributed by atoms with Crippen molar-refractivity contribution in [3.63, 3.8) is 0 Å². The molecule has 0 N–H and O–H groups in total. The van der Waals surface area contributed by atoms with E-state index in [2.05, 4.69) is 77.3 Å². The number of hydrogen-bond acceptors (Lipinski definition) is 6. The quantitative estimate of drug-likeness (QED) is 0.244. The van der Waals surface area contributed by atoms with Crippen LogP contribution in [0.5, 0.6) is 0 Å². The van der Waals surface area contributed by atoms with Gasteiger partial charge in [0.1, 0.15) is 12.2 Å². The molecule has 2 aliphatic heterocycles. The molecule has 0 radical (unpaired) electrons. The van der Waals surface area contributed by atoms with Crippen molar-refractivity contribution < 1.29 is 19.1 Å². The zero-order valence-corrected chi connectivity index (χ0v) is 26.9. The van der Waals surface area contributed by atoms with Crippen LogP contribution in [0.3, 0.4) is 0 Å². The third kappa shape index (κ3) is 7.51. The number of esters is 2. The molecule has 2 heterocycles. The van der Waals surface area contributed by atoms with Gasteiger partial charge in [0.25, 0.3) is 0 Å². The SMILES string of the molecule is CC1(C)CC(OC(=O)c2ccccc2)CC(C)(C)N1C/C=C/CN1C(C)(C)CC(OC(=O)c2ccccc2)CC1(C)C. The molecule has 6 nitrogen and oxygen atoms in total. The lowest BCUT2D eigenvalue weighted by Gasteiger charge is -2.55. The van der Waals surface area contributed by atoms with E-state index in [-0.39, 0.29) is 46.3 Å². The van der Waals surface area contributed by atoms with E-state index in [0.29, 0.717) is 11.1 Å². The highest BCUT2D eigenvalue weighted by atomic mass is 16.5. The predicted molar refractivity (Wildman–Crippen MR) is 169 cm³/mol. The fraction of sp³-hybridized carbons (Fsp3) is 0.556. The molecule has 2 aromatic carbocycles. The number of hydrogen-bond donors (Lipinski definition) is 0. The molecule has 0 atom stereocenters. The van der Waals surface area contributed by atoms with Gasteiger partial charge in [-0.2, -0.15) is 0 Å². The number of nitrogens with zero attached hydrogens (tertiary/aromatic N) is 2. The minimum Gasteiger partial charge on any atom is -0.459 e. The third-order valence-electron chi connectivity index (χ3n) is 9.14. The number of piperidine rings is 2. The van der Waals surface area contributed by atoms with Crippen LogP contribution in [0.1, 0.15) is 102 Å². The van der Waals surface area contributed by atoms with Crippen molar-refractivity contribution in [3.8, 4) is 0 Å². The van der Waals surface area contributed by atoms with Crippen LogP contribution in [0.15, 0.2) is 72.8 Å². The first-order valence-corrected chi connectivity index (χ1v) is 15.3. The van der Waals surface area contributed by atoms with Gasteiger partial charge < -0.3 is 9.47 Å². The van der Waals surface area contributed by atoms with E-state index >= 15 is 0 Å². The van der Waals surface area contributed by atoms with Gasteiger partial charge in [0.05, 0.1) is 11.1 Å². The molecule has 0 aromatic heterocycles. The lowest BCUT2D eigenvalue weighted by Crippen LogP contribution is -2.62. The highest BCUT2D eigenvalue weighted by Crippen LogP contribution is 2.41. The number of rotatable bonds is 8. The molecular weight excluding hydrogens is 524 g/mol. The summed E-state index contributed by atoms with van der Waals surface area (Å²) in [4.78, 5) is 30.6. The van der Waals surface area contributed by atoms with Gasteiger partial charge in [-0.1, -0.05) is 48.6 Å². The molecule has 0 unspecified atom stereocenters. The second-order valence-electron chi connectivity index (χ2n) is 14.5. The Kier molecular flexibility index (Phi) is 9.39. The Morgan fingerprint density at radius 1 is 0.595 bits per heavy atom. The second-order valence-corrected chi connectivity index (χ2v) is 14.5. The van der Waals surface area contributed by atoms with Crippen molar-refractivity contribution in [1.29, 1.82) is 0 Å². The summed E-state index contributed by atoms with van der Waals surface area (Å²) in [6, 6.07) is 18.5. The van der Waals surface area contributed by atoms with Gasteiger partial charge in [-0.25, -0.2) is 9.59 Å². The maximum Gasteiger partial charge on any atom is 0.338 e. The molecular formula is C36H50N2O4. The van der Waals surface area contributed by atoms with Gasteiger partial charge in [-0.05, 0) is 79.7 Å². The average Bonchev–Trinajstić information content (AvgIpc) is 2.88. The Morgan fingerprint density at radius 2 is 0.881 bits per heavy atom. The van der Waals surface area contributed by atoms with Crippen molar-refractivity contribution in [1.82, 2.24) is 9.80 Å². The zero-order valence-electron chi connectivity index (χ0n) is 26.9. The number of likely N-dealkylation sites (tertiary alicyclic amines) is 2. The van der Waals surface area contributed by atoms with E-state index in [1.165, 1.54) is 0 Å². The van der Waals surface area contributed by atoms with E-state index in [9.17, 15) is 9.59 Å². The first-order chi connectivity index (χ1) is 19.6. The molecule has 0 amide bonds. The van der Waals surface area contributed by atoms with Crippen LogP contribution in [-0.4, -0.2) is 69.2 Å². The minimum absolute atomic E-state index is 0.123. The first-order valence-electron chi connectivity index (χ1n) is 15.3. The predicted octanol–water partition coefficient (Wildman–Crippen LogP) is 7.30. The first kappa shape index (κ1) is 32.0. The topological polar surface area (TPSA) is 59.1 Å². The van der Waals surface area contributed by atoms with Gasteiger partial charge in [0, 0.05) is 60.9 Å². The van der Waals surface area contributed by atoms with Crippen LogP contribution in [0, 0.1) is 0 Å². The van der Waals surface area contributed by atoms with Gasteiger partial charge in [-0.3, -0.25) is 9.80 Å². The van der Waals surface area contributed by atoms with Gasteiger partial charge >= 0.3 is 11.9 Å². The molecule has 2 aliphatic rings. The fourth-order valence-corrected chi connectivity index (χ4v) is 7.55. The second kappa shape index (κ2) is 12.3. The zero-order chi connectivity index (χ0) is 30.8. The maximum atomic E-state index is 12.7. The van der Waals surface area contributed by atoms with E-state index in [4.69, 9.17) is 9.47 Å². The monoisotopic (exact) mass is 574 g/mol. The smallest absolute Gasteiger partial charge is 0.338 e. The van der Waals surface area contributed by atoms with Crippen LogP contribution in [-0.2, 0) is 9.47 Å². The highest BCUT2D eigenvalue weighted by molar-refractivity contribution is 5.89. The maximum absolute atomic E-state index is 12.7. The van der Waals surface area contributed by atoms with Gasteiger partial charge in [-0.15, -0.1) is 0 Å². The number of ether oxygens (including phenoxy) is 2. The minimum atomic E-state index is -0.246. The summed E-state index contributed by atoms with van der Waals surface area (Å²) < 4.78 is 12.0. The molecule has 0 spiro atoms. The van der Waals surface area contributed by atoms with Gasteiger partial charge in [0.15, 0.2) is 0 Å². The number of benzene rings is 2. The summed E-state index contributed by atoms with van der Waals surface area (Å²) >= 11 is 0. The Bertz CT molecular complexity index is 1120. The standard InChI is InChI=1S/C36H50N2O4/c1-33(2)23-29(41-31(39)27-17-11-9-12-18-27)24-34(3,4)37(33)21-15-16-22-38-35(5,6)25-30(26-36(38,7)8)42-32(40)28-19-13-10-14-20-28/h9-20,29-30H,21-26H2,1-8H3/b16-15+. The molecule has 0 saturated carbocycles. The molecule has 42 heavy (non-hydrogen) atoms. The van der Waals surface area contributed by atoms with Crippen molar-refractivity contribution in [2.24, 2.45) is 0 Å². The molecule has 0 aliphatic carbocycles. The Balaban J connectivity index is 1.35.